The van der Waals surface area contributed by atoms with Crippen LogP contribution in [-0.4, -0.2) is 61.1 Å². The van der Waals surface area contributed by atoms with Gasteiger partial charge in [-0.05, 0) is 66.2 Å². The van der Waals surface area contributed by atoms with E-state index in [2.05, 4.69) is 53.5 Å². The number of hydrogen-bond acceptors (Lipinski definition) is 3. The van der Waals surface area contributed by atoms with Crippen molar-refractivity contribution >= 4 is 35.8 Å². The van der Waals surface area contributed by atoms with Crippen LogP contribution in [0.3, 0.4) is 0 Å². The molecular weight excluding hydrogens is 465 g/mol. The molecule has 28 heavy (non-hydrogen) atoms. The number of halogens is 1. The predicted octanol–water partition coefficient (Wildman–Crippen LogP) is 3.12. The molecule has 2 aliphatic rings. The fraction of sp³-hybridized carbons (Fsp3) is 0.905. The Morgan fingerprint density at radius 2 is 1.71 bits per heavy atom. The van der Waals surface area contributed by atoms with Gasteiger partial charge in [0.1, 0.15) is 0 Å². The van der Waals surface area contributed by atoms with Crippen molar-refractivity contribution in [3.05, 3.63) is 0 Å². The van der Waals surface area contributed by atoms with Crippen LogP contribution in [0.15, 0.2) is 4.99 Å². The summed E-state index contributed by atoms with van der Waals surface area (Å²) in [6, 6.07) is 1.94. The maximum Gasteiger partial charge on any atom is 0.223 e. The summed E-state index contributed by atoms with van der Waals surface area (Å²) in [7, 11) is 1.82. The molecule has 0 aromatic rings. The molecule has 0 aromatic heterocycles. The molecule has 2 saturated carbocycles. The summed E-state index contributed by atoms with van der Waals surface area (Å²) < 4.78 is 0. The lowest BCUT2D eigenvalue weighted by Gasteiger charge is -2.31. The Balaban J connectivity index is 0.00000392. The van der Waals surface area contributed by atoms with Crippen LogP contribution in [0.2, 0.25) is 0 Å². The van der Waals surface area contributed by atoms with E-state index in [4.69, 9.17) is 0 Å². The van der Waals surface area contributed by atoms with E-state index in [1.165, 1.54) is 0 Å². The van der Waals surface area contributed by atoms with Crippen molar-refractivity contribution < 1.29 is 4.79 Å². The number of nitrogens with zero attached hydrogens (tertiary/aromatic N) is 2. The van der Waals surface area contributed by atoms with Crippen LogP contribution in [0.5, 0.6) is 0 Å². The quantitative estimate of drug-likeness (QED) is 0.194. The van der Waals surface area contributed by atoms with E-state index >= 15 is 0 Å². The standard InChI is InChI=1S/C21H41N5O.HI/c1-15(2)26(16(3)4)13-7-12-23-21(22-5)25-19-9-6-8-17(14-19)20(27)24-18-10-11-18;/h15-19H,6-14H2,1-5H3,(H,24,27)(H2,22,23,25);1H. The molecule has 2 rings (SSSR count). The van der Waals surface area contributed by atoms with Gasteiger partial charge in [0.25, 0.3) is 0 Å². The third-order valence-electron chi connectivity index (χ3n) is 5.75. The molecule has 6 nitrogen and oxygen atoms in total. The van der Waals surface area contributed by atoms with Gasteiger partial charge in [0.2, 0.25) is 5.91 Å². The van der Waals surface area contributed by atoms with E-state index in [9.17, 15) is 4.79 Å². The van der Waals surface area contributed by atoms with Gasteiger partial charge in [-0.15, -0.1) is 24.0 Å². The van der Waals surface area contributed by atoms with Gasteiger partial charge >= 0.3 is 0 Å². The molecule has 1 amide bonds. The number of carbonyl (C=O) groups is 1. The van der Waals surface area contributed by atoms with Gasteiger partial charge in [0.15, 0.2) is 5.96 Å². The van der Waals surface area contributed by atoms with E-state index in [0.717, 1.165) is 64.0 Å². The van der Waals surface area contributed by atoms with Gasteiger partial charge in [-0.1, -0.05) is 6.42 Å². The van der Waals surface area contributed by atoms with Crippen molar-refractivity contribution in [2.24, 2.45) is 10.9 Å². The third-order valence-corrected chi connectivity index (χ3v) is 5.75. The normalized spacial score (nSPS) is 22.9. The van der Waals surface area contributed by atoms with Crippen LogP contribution < -0.4 is 16.0 Å². The van der Waals surface area contributed by atoms with Gasteiger partial charge in [0, 0.05) is 50.2 Å². The molecule has 7 heteroatoms. The van der Waals surface area contributed by atoms with Crippen LogP contribution >= 0.6 is 24.0 Å². The first kappa shape index (κ1) is 25.5. The second-order valence-corrected chi connectivity index (χ2v) is 8.77. The highest BCUT2D eigenvalue weighted by Gasteiger charge is 2.31. The highest BCUT2D eigenvalue weighted by Crippen LogP contribution is 2.26. The Hall–Kier alpha value is -0.570. The minimum atomic E-state index is 0. The zero-order valence-corrected chi connectivity index (χ0v) is 20.8. The molecule has 0 radical (unpaired) electrons. The molecule has 164 valence electrons. The van der Waals surface area contributed by atoms with Crippen LogP contribution in [-0.2, 0) is 4.79 Å². The van der Waals surface area contributed by atoms with E-state index in [1.807, 2.05) is 7.05 Å². The maximum atomic E-state index is 12.3. The Kier molecular flexibility index (Phi) is 11.7. The van der Waals surface area contributed by atoms with Crippen molar-refractivity contribution in [3.8, 4) is 0 Å². The highest BCUT2D eigenvalue weighted by atomic mass is 127. The molecule has 3 N–H and O–H groups in total. The van der Waals surface area contributed by atoms with Crippen molar-refractivity contribution in [1.29, 1.82) is 0 Å². The fourth-order valence-corrected chi connectivity index (χ4v) is 4.07. The molecule has 2 fully saturated rings. The number of carbonyl (C=O) groups excluding carboxylic acids is 1. The molecule has 0 aromatic carbocycles. The molecule has 0 saturated heterocycles. The molecule has 2 atom stereocenters. The predicted molar refractivity (Wildman–Crippen MR) is 128 cm³/mol. The first-order valence-corrected chi connectivity index (χ1v) is 10.9. The lowest BCUT2D eigenvalue weighted by atomic mass is 9.85. The first-order valence-electron chi connectivity index (χ1n) is 10.9. The second-order valence-electron chi connectivity index (χ2n) is 8.77. The number of amides is 1. The summed E-state index contributed by atoms with van der Waals surface area (Å²) in [6.07, 6.45) is 7.55. The Morgan fingerprint density at radius 1 is 1.04 bits per heavy atom. The number of guanidine groups is 1. The summed E-state index contributed by atoms with van der Waals surface area (Å²) in [4.78, 5) is 19.2. The van der Waals surface area contributed by atoms with Gasteiger partial charge in [-0.2, -0.15) is 0 Å². The van der Waals surface area contributed by atoms with Gasteiger partial charge in [0.05, 0.1) is 0 Å². The van der Waals surface area contributed by atoms with Crippen molar-refractivity contribution in [1.82, 2.24) is 20.9 Å². The second kappa shape index (κ2) is 12.9. The molecular formula is C21H42IN5O. The van der Waals surface area contributed by atoms with E-state index in [1.54, 1.807) is 0 Å². The Bertz CT molecular complexity index is 485. The summed E-state index contributed by atoms with van der Waals surface area (Å²) >= 11 is 0. The smallest absolute Gasteiger partial charge is 0.223 e. The molecule has 0 aliphatic heterocycles. The summed E-state index contributed by atoms with van der Waals surface area (Å²) in [5.74, 6) is 1.28. The summed E-state index contributed by atoms with van der Waals surface area (Å²) in [5, 5.41) is 10.2. The lowest BCUT2D eigenvalue weighted by molar-refractivity contribution is -0.126. The molecule has 2 unspecified atom stereocenters. The monoisotopic (exact) mass is 507 g/mol. The minimum Gasteiger partial charge on any atom is -0.356 e. The molecule has 0 heterocycles. The summed E-state index contributed by atoms with van der Waals surface area (Å²) in [5.41, 5.74) is 0. The molecule has 0 bridgehead atoms. The zero-order valence-electron chi connectivity index (χ0n) is 18.5. The number of aliphatic imine (C=N–C) groups is 1. The van der Waals surface area contributed by atoms with Crippen molar-refractivity contribution in [2.75, 3.05) is 20.1 Å². The van der Waals surface area contributed by atoms with Gasteiger partial charge in [-0.3, -0.25) is 14.7 Å². The van der Waals surface area contributed by atoms with Gasteiger partial charge < -0.3 is 16.0 Å². The SMILES string of the molecule is CN=C(NCCCN(C(C)C)C(C)C)NC1CCCC(C(=O)NC2CC2)C1.I. The average Bonchev–Trinajstić information content (AvgIpc) is 3.44. The largest absolute Gasteiger partial charge is 0.356 e. The van der Waals surface area contributed by atoms with E-state index < -0.39 is 0 Å². The zero-order chi connectivity index (χ0) is 19.8. The Morgan fingerprint density at radius 3 is 2.29 bits per heavy atom. The van der Waals surface area contributed by atoms with Gasteiger partial charge in [-0.25, -0.2) is 0 Å². The van der Waals surface area contributed by atoms with Crippen LogP contribution in [0, 0.1) is 5.92 Å². The topological polar surface area (TPSA) is 68.8 Å². The lowest BCUT2D eigenvalue weighted by Crippen LogP contribution is -2.47. The number of hydrogen-bond donors (Lipinski definition) is 3. The van der Waals surface area contributed by atoms with E-state index in [-0.39, 0.29) is 35.8 Å². The first-order chi connectivity index (χ1) is 12.9. The highest BCUT2D eigenvalue weighted by molar-refractivity contribution is 14.0. The third kappa shape index (κ3) is 8.84. The number of rotatable bonds is 9. The fourth-order valence-electron chi connectivity index (χ4n) is 4.07. The molecule has 2 aliphatic carbocycles. The van der Waals surface area contributed by atoms with Crippen LogP contribution in [0.1, 0.15) is 72.6 Å². The Labute approximate surface area is 189 Å². The van der Waals surface area contributed by atoms with Crippen molar-refractivity contribution in [2.45, 2.75) is 96.8 Å². The van der Waals surface area contributed by atoms with E-state index in [0.29, 0.717) is 24.2 Å². The van der Waals surface area contributed by atoms with Crippen LogP contribution in [0.25, 0.3) is 0 Å². The van der Waals surface area contributed by atoms with Crippen LogP contribution in [0.4, 0.5) is 0 Å². The average molecular weight is 508 g/mol. The minimum absolute atomic E-state index is 0. The molecule has 0 spiro atoms. The number of nitrogens with one attached hydrogen (secondary N) is 3. The maximum absolute atomic E-state index is 12.3. The van der Waals surface area contributed by atoms with Crippen molar-refractivity contribution in [3.63, 3.8) is 0 Å². The summed E-state index contributed by atoms with van der Waals surface area (Å²) in [6.45, 7) is 11.0.